The summed E-state index contributed by atoms with van der Waals surface area (Å²) in [6, 6.07) is 12.6. The van der Waals surface area contributed by atoms with E-state index in [4.69, 9.17) is 11.6 Å². The van der Waals surface area contributed by atoms with Crippen molar-refractivity contribution in [3.05, 3.63) is 53.1 Å². The number of hydrogen-bond donors (Lipinski definition) is 2. The second-order valence-corrected chi connectivity index (χ2v) is 8.29. The van der Waals surface area contributed by atoms with Crippen LogP contribution in [0, 0.1) is 6.92 Å². The summed E-state index contributed by atoms with van der Waals surface area (Å²) < 4.78 is 0. The highest BCUT2D eigenvalue weighted by molar-refractivity contribution is 8.01. The van der Waals surface area contributed by atoms with Gasteiger partial charge in [0.1, 0.15) is 0 Å². The zero-order valence-electron chi connectivity index (χ0n) is 15.5. The Kier molecular flexibility index (Phi) is 6.26. The first-order valence-electron chi connectivity index (χ1n) is 8.69. The molecule has 0 aromatic heterocycles. The van der Waals surface area contributed by atoms with Crippen LogP contribution in [0.4, 0.5) is 11.4 Å². The summed E-state index contributed by atoms with van der Waals surface area (Å²) >= 11 is 7.27. The van der Waals surface area contributed by atoms with Crippen molar-refractivity contribution in [1.29, 1.82) is 0 Å². The van der Waals surface area contributed by atoms with Crippen LogP contribution in [0.15, 0.2) is 47.4 Å². The molecule has 0 saturated carbocycles. The summed E-state index contributed by atoms with van der Waals surface area (Å²) in [7, 11) is 1.55. The molecule has 3 amide bonds. The number of benzene rings is 2. The first kappa shape index (κ1) is 20.2. The molecule has 28 heavy (non-hydrogen) atoms. The van der Waals surface area contributed by atoms with Crippen molar-refractivity contribution in [2.45, 2.75) is 23.5 Å². The van der Waals surface area contributed by atoms with E-state index in [0.29, 0.717) is 16.4 Å². The van der Waals surface area contributed by atoms with E-state index in [1.807, 2.05) is 37.3 Å². The van der Waals surface area contributed by atoms with E-state index in [2.05, 4.69) is 10.6 Å². The quantitative estimate of drug-likeness (QED) is 0.779. The first-order chi connectivity index (χ1) is 13.3. The Labute approximate surface area is 172 Å². The maximum atomic E-state index is 12.5. The van der Waals surface area contributed by atoms with E-state index in [1.54, 1.807) is 19.2 Å². The molecule has 1 heterocycles. The summed E-state index contributed by atoms with van der Waals surface area (Å²) in [6.07, 6.45) is 0.00682. The molecule has 3 rings (SSSR count). The lowest BCUT2D eigenvalue weighted by Crippen LogP contribution is -2.39. The monoisotopic (exact) mass is 417 g/mol. The number of aryl methyl sites for hydroxylation is 1. The maximum absolute atomic E-state index is 12.5. The van der Waals surface area contributed by atoms with Crippen LogP contribution in [0.3, 0.4) is 0 Å². The highest BCUT2D eigenvalue weighted by Gasteiger charge is 2.30. The highest BCUT2D eigenvalue weighted by Crippen LogP contribution is 2.38. The van der Waals surface area contributed by atoms with E-state index in [0.717, 1.165) is 10.5 Å². The van der Waals surface area contributed by atoms with Crippen LogP contribution in [0.25, 0.3) is 0 Å². The van der Waals surface area contributed by atoms with Gasteiger partial charge in [-0.25, -0.2) is 0 Å². The molecule has 0 fully saturated rings. The number of anilines is 2. The van der Waals surface area contributed by atoms with Crippen molar-refractivity contribution >= 4 is 52.5 Å². The van der Waals surface area contributed by atoms with Gasteiger partial charge in [-0.15, -0.1) is 11.8 Å². The fourth-order valence-electron chi connectivity index (χ4n) is 2.71. The minimum atomic E-state index is -0.552. The standard InChI is InChI=1S/C20H20ClN3O3S/c1-12-3-6-14(7-4-12)22-18(25)11-24(2)19(26)10-17-20(27)23-15-9-13(21)5-8-16(15)28-17/h3-9,17H,10-11H2,1-2H3,(H,22,25)(H,23,27). The third kappa shape index (κ3) is 5.05. The maximum Gasteiger partial charge on any atom is 0.243 e. The van der Waals surface area contributed by atoms with Crippen LogP contribution in [-0.4, -0.2) is 41.5 Å². The van der Waals surface area contributed by atoms with Crippen molar-refractivity contribution in [3.63, 3.8) is 0 Å². The number of rotatable bonds is 5. The number of likely N-dealkylation sites (N-methyl/N-ethyl adjacent to an activating group) is 1. The number of fused-ring (bicyclic) bond motifs is 1. The van der Waals surface area contributed by atoms with Crippen LogP contribution in [-0.2, 0) is 14.4 Å². The molecule has 0 radical (unpaired) electrons. The largest absolute Gasteiger partial charge is 0.336 e. The van der Waals surface area contributed by atoms with E-state index >= 15 is 0 Å². The molecule has 2 aromatic carbocycles. The number of nitrogens with one attached hydrogen (secondary N) is 2. The molecule has 1 atom stereocenters. The number of carbonyl (C=O) groups excluding carboxylic acids is 3. The van der Waals surface area contributed by atoms with Gasteiger partial charge in [-0.2, -0.15) is 0 Å². The van der Waals surface area contributed by atoms with Crippen LogP contribution in [0.1, 0.15) is 12.0 Å². The highest BCUT2D eigenvalue weighted by atomic mass is 35.5. The Morgan fingerprint density at radius 2 is 1.93 bits per heavy atom. The topological polar surface area (TPSA) is 78.5 Å². The molecule has 2 aromatic rings. The molecule has 2 N–H and O–H groups in total. The molecular formula is C20H20ClN3O3S. The molecule has 146 valence electrons. The van der Waals surface area contributed by atoms with Crippen LogP contribution in [0.5, 0.6) is 0 Å². The lowest BCUT2D eigenvalue weighted by molar-refractivity contribution is -0.134. The second kappa shape index (κ2) is 8.67. The first-order valence-corrected chi connectivity index (χ1v) is 9.95. The number of halogens is 1. The Morgan fingerprint density at radius 1 is 1.21 bits per heavy atom. The lowest BCUT2D eigenvalue weighted by atomic mass is 10.2. The Bertz CT molecular complexity index is 917. The molecule has 0 saturated heterocycles. The van der Waals surface area contributed by atoms with E-state index < -0.39 is 5.25 Å². The zero-order valence-corrected chi connectivity index (χ0v) is 17.1. The van der Waals surface area contributed by atoms with Crippen molar-refractivity contribution in [2.75, 3.05) is 24.2 Å². The number of carbonyl (C=O) groups is 3. The van der Waals surface area contributed by atoms with Gasteiger partial charge in [-0.3, -0.25) is 14.4 Å². The predicted molar refractivity (Wildman–Crippen MR) is 112 cm³/mol. The third-order valence-electron chi connectivity index (χ3n) is 4.26. The van der Waals surface area contributed by atoms with Crippen LogP contribution >= 0.6 is 23.4 Å². The molecular weight excluding hydrogens is 398 g/mol. The summed E-state index contributed by atoms with van der Waals surface area (Å²) in [6.45, 7) is 1.88. The lowest BCUT2D eigenvalue weighted by Gasteiger charge is -2.25. The van der Waals surface area contributed by atoms with E-state index in [1.165, 1.54) is 16.7 Å². The average molecular weight is 418 g/mol. The fraction of sp³-hybridized carbons (Fsp3) is 0.250. The Balaban J connectivity index is 1.55. The normalized spacial score (nSPS) is 15.4. The van der Waals surface area contributed by atoms with E-state index in [9.17, 15) is 14.4 Å². The van der Waals surface area contributed by atoms with Crippen LogP contribution in [0.2, 0.25) is 5.02 Å². The van der Waals surface area contributed by atoms with E-state index in [-0.39, 0.29) is 30.7 Å². The van der Waals surface area contributed by atoms with Gasteiger partial charge in [0.15, 0.2) is 0 Å². The number of thioether (sulfide) groups is 1. The predicted octanol–water partition coefficient (Wildman–Crippen LogP) is 3.55. The average Bonchev–Trinajstić information content (AvgIpc) is 2.64. The molecule has 0 bridgehead atoms. The SMILES string of the molecule is Cc1ccc(NC(=O)CN(C)C(=O)CC2Sc3ccc(Cl)cc3NC2=O)cc1. The third-order valence-corrected chi connectivity index (χ3v) is 5.77. The molecule has 0 aliphatic carbocycles. The van der Waals surface area contributed by atoms with Gasteiger partial charge < -0.3 is 15.5 Å². The summed E-state index contributed by atoms with van der Waals surface area (Å²) in [5.41, 5.74) is 2.42. The second-order valence-electron chi connectivity index (χ2n) is 6.60. The van der Waals surface area contributed by atoms with Gasteiger partial charge in [0, 0.05) is 29.1 Å². The van der Waals surface area contributed by atoms with Gasteiger partial charge in [-0.05, 0) is 37.3 Å². The molecule has 0 spiro atoms. The summed E-state index contributed by atoms with van der Waals surface area (Å²) in [5, 5.41) is 5.52. The molecule has 8 heteroatoms. The number of nitrogens with zero attached hydrogens (tertiary/aromatic N) is 1. The molecule has 1 unspecified atom stereocenters. The summed E-state index contributed by atoms with van der Waals surface area (Å²) in [4.78, 5) is 39.1. The van der Waals surface area contributed by atoms with Gasteiger partial charge >= 0.3 is 0 Å². The Morgan fingerprint density at radius 3 is 2.64 bits per heavy atom. The van der Waals surface area contributed by atoms with Crippen molar-refractivity contribution in [2.24, 2.45) is 0 Å². The van der Waals surface area contributed by atoms with Crippen molar-refractivity contribution in [1.82, 2.24) is 4.90 Å². The minimum absolute atomic E-state index is 0.00682. The van der Waals surface area contributed by atoms with Crippen LogP contribution < -0.4 is 10.6 Å². The zero-order chi connectivity index (χ0) is 20.3. The minimum Gasteiger partial charge on any atom is -0.336 e. The van der Waals surface area contributed by atoms with Gasteiger partial charge in [-0.1, -0.05) is 29.3 Å². The molecule has 1 aliphatic rings. The molecule has 6 nitrogen and oxygen atoms in total. The number of hydrogen-bond acceptors (Lipinski definition) is 4. The van der Waals surface area contributed by atoms with Gasteiger partial charge in [0.25, 0.3) is 0 Å². The Hall–Kier alpha value is -2.51. The fourth-order valence-corrected chi connectivity index (χ4v) is 3.97. The smallest absolute Gasteiger partial charge is 0.243 e. The van der Waals surface area contributed by atoms with Gasteiger partial charge in [0.05, 0.1) is 17.5 Å². The van der Waals surface area contributed by atoms with Crippen molar-refractivity contribution < 1.29 is 14.4 Å². The van der Waals surface area contributed by atoms with Gasteiger partial charge in [0.2, 0.25) is 17.7 Å². The van der Waals surface area contributed by atoms with Crippen molar-refractivity contribution in [3.8, 4) is 0 Å². The molecule has 1 aliphatic heterocycles. The number of amides is 3. The summed E-state index contributed by atoms with van der Waals surface area (Å²) in [5.74, 6) is -0.810.